The van der Waals surface area contributed by atoms with E-state index < -0.39 is 11.9 Å². The van der Waals surface area contributed by atoms with Crippen LogP contribution in [0.3, 0.4) is 0 Å². The molecule has 6 heteroatoms. The zero-order valence-electron chi connectivity index (χ0n) is 10.8. The van der Waals surface area contributed by atoms with Crippen molar-refractivity contribution in [3.63, 3.8) is 0 Å². The molecule has 18 heavy (non-hydrogen) atoms. The molecule has 1 aliphatic carbocycles. The summed E-state index contributed by atoms with van der Waals surface area (Å²) >= 11 is 1.80. The predicted octanol–water partition coefficient (Wildman–Crippen LogP) is 1.24. The van der Waals surface area contributed by atoms with Crippen molar-refractivity contribution in [2.75, 3.05) is 25.9 Å². The third-order valence-corrected chi connectivity index (χ3v) is 5.44. The highest BCUT2D eigenvalue weighted by atomic mass is 32.2. The Morgan fingerprint density at radius 1 is 1.44 bits per heavy atom. The SMILES string of the molecule is CSC1(CNC(=O)N2CC(C)C(C(=O)O)C2)CC1. The molecule has 2 atom stereocenters. The van der Waals surface area contributed by atoms with Crippen molar-refractivity contribution in [2.45, 2.75) is 24.5 Å². The molecule has 1 saturated heterocycles. The standard InChI is InChI=1S/C12H20N2O3S/c1-8-5-14(6-9(8)10(15)16)11(17)13-7-12(18-2)3-4-12/h8-9H,3-7H2,1-2H3,(H,13,17)(H,15,16). The Bertz CT molecular complexity index is 357. The van der Waals surface area contributed by atoms with Crippen LogP contribution in [0.1, 0.15) is 19.8 Å². The average molecular weight is 272 g/mol. The van der Waals surface area contributed by atoms with Crippen LogP contribution in [-0.2, 0) is 4.79 Å². The summed E-state index contributed by atoms with van der Waals surface area (Å²) in [4.78, 5) is 24.6. The second-order valence-corrected chi connectivity index (χ2v) is 6.65. The van der Waals surface area contributed by atoms with Gasteiger partial charge in [0.05, 0.1) is 5.92 Å². The summed E-state index contributed by atoms with van der Waals surface area (Å²) in [5.74, 6) is -1.20. The fourth-order valence-corrected chi connectivity index (χ4v) is 3.12. The predicted molar refractivity (Wildman–Crippen MR) is 70.7 cm³/mol. The third kappa shape index (κ3) is 2.74. The first-order chi connectivity index (χ1) is 8.47. The zero-order chi connectivity index (χ0) is 13.3. The van der Waals surface area contributed by atoms with Gasteiger partial charge >= 0.3 is 12.0 Å². The third-order valence-electron chi connectivity index (χ3n) is 4.02. The zero-order valence-corrected chi connectivity index (χ0v) is 11.6. The van der Waals surface area contributed by atoms with Gasteiger partial charge in [-0.15, -0.1) is 0 Å². The van der Waals surface area contributed by atoms with Crippen LogP contribution in [0.25, 0.3) is 0 Å². The van der Waals surface area contributed by atoms with Crippen LogP contribution in [0.4, 0.5) is 4.79 Å². The molecule has 1 saturated carbocycles. The number of amides is 2. The molecule has 1 heterocycles. The molecule has 2 aliphatic rings. The highest BCUT2D eigenvalue weighted by Gasteiger charge is 2.43. The number of carboxylic acid groups (broad SMARTS) is 1. The lowest BCUT2D eigenvalue weighted by molar-refractivity contribution is -0.142. The average Bonchev–Trinajstić information content (AvgIpc) is 3.01. The highest BCUT2D eigenvalue weighted by molar-refractivity contribution is 8.00. The van der Waals surface area contributed by atoms with Gasteiger partial charge in [0.25, 0.3) is 0 Å². The maximum Gasteiger partial charge on any atom is 0.317 e. The number of rotatable bonds is 4. The number of hydrogen-bond donors (Lipinski definition) is 2. The van der Waals surface area contributed by atoms with Crippen LogP contribution >= 0.6 is 11.8 Å². The molecule has 0 bridgehead atoms. The lowest BCUT2D eigenvalue weighted by atomic mass is 9.99. The maximum atomic E-state index is 12.0. The first-order valence-electron chi connectivity index (χ1n) is 6.28. The van der Waals surface area contributed by atoms with Crippen LogP contribution in [0.15, 0.2) is 0 Å². The number of hydrogen-bond acceptors (Lipinski definition) is 3. The number of carboxylic acids is 1. The first-order valence-corrected chi connectivity index (χ1v) is 7.51. The number of nitrogens with zero attached hydrogens (tertiary/aromatic N) is 1. The van der Waals surface area contributed by atoms with Gasteiger partial charge in [-0.3, -0.25) is 4.79 Å². The number of carbonyl (C=O) groups excluding carboxylic acids is 1. The molecule has 2 amide bonds. The molecule has 0 aromatic rings. The van der Waals surface area contributed by atoms with Gasteiger partial charge in [-0.1, -0.05) is 6.92 Å². The van der Waals surface area contributed by atoms with E-state index in [2.05, 4.69) is 11.6 Å². The van der Waals surface area contributed by atoms with E-state index in [1.165, 1.54) is 0 Å². The first kappa shape index (κ1) is 13.5. The number of nitrogens with one attached hydrogen (secondary N) is 1. The molecule has 102 valence electrons. The van der Waals surface area contributed by atoms with E-state index in [-0.39, 0.29) is 16.7 Å². The van der Waals surface area contributed by atoms with Crippen molar-refractivity contribution >= 4 is 23.8 Å². The van der Waals surface area contributed by atoms with Crippen molar-refractivity contribution < 1.29 is 14.7 Å². The fraction of sp³-hybridized carbons (Fsp3) is 0.833. The van der Waals surface area contributed by atoms with E-state index >= 15 is 0 Å². The molecule has 0 radical (unpaired) electrons. The Morgan fingerprint density at radius 3 is 2.56 bits per heavy atom. The van der Waals surface area contributed by atoms with Gasteiger partial charge in [-0.05, 0) is 25.0 Å². The van der Waals surface area contributed by atoms with E-state index in [9.17, 15) is 9.59 Å². The van der Waals surface area contributed by atoms with Crippen LogP contribution < -0.4 is 5.32 Å². The minimum atomic E-state index is -0.805. The van der Waals surface area contributed by atoms with Crippen LogP contribution in [0, 0.1) is 11.8 Å². The second kappa shape index (κ2) is 4.99. The highest BCUT2D eigenvalue weighted by Crippen LogP contribution is 2.46. The molecule has 2 rings (SSSR count). The molecule has 0 spiro atoms. The summed E-state index contributed by atoms with van der Waals surface area (Å²) in [5, 5.41) is 12.0. The minimum Gasteiger partial charge on any atom is -0.481 e. The summed E-state index contributed by atoms with van der Waals surface area (Å²) in [6.07, 6.45) is 4.38. The summed E-state index contributed by atoms with van der Waals surface area (Å²) in [5.41, 5.74) is 0. The van der Waals surface area contributed by atoms with Crippen molar-refractivity contribution in [1.82, 2.24) is 10.2 Å². The summed E-state index contributed by atoms with van der Waals surface area (Å²) in [6.45, 7) is 3.44. The number of carbonyl (C=O) groups is 2. The molecule has 5 nitrogen and oxygen atoms in total. The Kier molecular flexibility index (Phi) is 3.75. The largest absolute Gasteiger partial charge is 0.481 e. The monoisotopic (exact) mass is 272 g/mol. The van der Waals surface area contributed by atoms with Crippen molar-refractivity contribution in [3.8, 4) is 0 Å². The lowest BCUT2D eigenvalue weighted by Crippen LogP contribution is -2.42. The molecular weight excluding hydrogens is 252 g/mol. The molecule has 0 aromatic heterocycles. The molecule has 2 unspecified atom stereocenters. The minimum absolute atomic E-state index is 0.0312. The van der Waals surface area contributed by atoms with Crippen LogP contribution in [0.2, 0.25) is 0 Å². The molecule has 2 N–H and O–H groups in total. The molecular formula is C12H20N2O3S. The van der Waals surface area contributed by atoms with E-state index in [4.69, 9.17) is 5.11 Å². The maximum absolute atomic E-state index is 12.0. The fourth-order valence-electron chi connectivity index (χ4n) is 2.40. The summed E-state index contributed by atoms with van der Waals surface area (Å²) < 4.78 is 0.243. The van der Waals surface area contributed by atoms with Gasteiger partial charge in [0.2, 0.25) is 0 Å². The second-order valence-electron chi connectivity index (χ2n) is 5.37. The Morgan fingerprint density at radius 2 is 2.11 bits per heavy atom. The van der Waals surface area contributed by atoms with Gasteiger partial charge in [-0.25, -0.2) is 4.79 Å². The van der Waals surface area contributed by atoms with Gasteiger partial charge in [0.1, 0.15) is 0 Å². The number of likely N-dealkylation sites (tertiary alicyclic amines) is 1. The Balaban J connectivity index is 1.82. The molecule has 0 aromatic carbocycles. The smallest absolute Gasteiger partial charge is 0.317 e. The molecule has 2 fully saturated rings. The van der Waals surface area contributed by atoms with Crippen LogP contribution in [0.5, 0.6) is 0 Å². The van der Waals surface area contributed by atoms with Gasteiger partial charge in [0.15, 0.2) is 0 Å². The number of aliphatic carboxylic acids is 1. The summed E-state index contributed by atoms with van der Waals surface area (Å²) in [6, 6.07) is -0.120. The lowest BCUT2D eigenvalue weighted by Gasteiger charge is -2.19. The Labute approximate surface area is 111 Å². The van der Waals surface area contributed by atoms with Gasteiger partial charge < -0.3 is 15.3 Å². The Hall–Kier alpha value is -0.910. The van der Waals surface area contributed by atoms with E-state index in [1.54, 1.807) is 16.7 Å². The number of thioether (sulfide) groups is 1. The summed E-state index contributed by atoms with van der Waals surface area (Å²) in [7, 11) is 0. The van der Waals surface area contributed by atoms with E-state index in [1.807, 2.05) is 6.92 Å². The quantitative estimate of drug-likeness (QED) is 0.808. The van der Waals surface area contributed by atoms with Gasteiger partial charge in [-0.2, -0.15) is 11.8 Å². The van der Waals surface area contributed by atoms with Gasteiger partial charge in [0, 0.05) is 24.4 Å². The number of urea groups is 1. The normalized spacial score (nSPS) is 29.1. The van der Waals surface area contributed by atoms with Crippen LogP contribution in [-0.4, -0.2) is 52.6 Å². The van der Waals surface area contributed by atoms with E-state index in [0.29, 0.717) is 19.6 Å². The topological polar surface area (TPSA) is 69.6 Å². The van der Waals surface area contributed by atoms with E-state index in [0.717, 1.165) is 12.8 Å². The van der Waals surface area contributed by atoms with Crippen molar-refractivity contribution in [2.24, 2.45) is 11.8 Å². The van der Waals surface area contributed by atoms with Crippen molar-refractivity contribution in [3.05, 3.63) is 0 Å². The molecule has 1 aliphatic heterocycles. The van der Waals surface area contributed by atoms with Crippen molar-refractivity contribution in [1.29, 1.82) is 0 Å².